The van der Waals surface area contributed by atoms with Crippen molar-refractivity contribution in [1.82, 2.24) is 0 Å². The normalized spacial score (nSPS) is 41.0. The monoisotopic (exact) mass is 393 g/mol. The third kappa shape index (κ3) is 3.19. The van der Waals surface area contributed by atoms with Crippen molar-refractivity contribution in [3.8, 4) is 6.07 Å². The van der Waals surface area contributed by atoms with Crippen LogP contribution in [0.5, 0.6) is 0 Å². The van der Waals surface area contributed by atoms with Crippen LogP contribution >= 0.6 is 0 Å². The number of nitriles is 1. The number of ether oxygens (including phenoxy) is 1. The Labute approximate surface area is 173 Å². The van der Waals surface area contributed by atoms with E-state index >= 15 is 0 Å². The average molecular weight is 394 g/mol. The average Bonchev–Trinajstić information content (AvgIpc) is 3.03. The van der Waals surface area contributed by atoms with Gasteiger partial charge in [-0.05, 0) is 85.3 Å². The van der Waals surface area contributed by atoms with Crippen LogP contribution in [0.3, 0.4) is 0 Å². The maximum atomic E-state index is 11.9. The van der Waals surface area contributed by atoms with Gasteiger partial charge >= 0.3 is 5.97 Å². The van der Waals surface area contributed by atoms with Gasteiger partial charge in [0.2, 0.25) is 0 Å². The summed E-state index contributed by atoms with van der Waals surface area (Å²) in [6.07, 6.45) is 14.1. The van der Waals surface area contributed by atoms with Gasteiger partial charge < -0.3 is 4.74 Å². The Hall–Kier alpha value is -2.15. The lowest BCUT2D eigenvalue weighted by atomic mass is 9.47. The van der Waals surface area contributed by atoms with Crippen molar-refractivity contribution in [2.75, 3.05) is 6.61 Å². The van der Waals surface area contributed by atoms with Crippen molar-refractivity contribution in [3.05, 3.63) is 35.5 Å². The van der Waals surface area contributed by atoms with E-state index in [1.165, 1.54) is 18.9 Å². The van der Waals surface area contributed by atoms with E-state index in [0.717, 1.165) is 37.7 Å². The summed E-state index contributed by atoms with van der Waals surface area (Å²) in [5.74, 6) is 2.00. The smallest absolute Gasteiger partial charge is 0.302 e. The van der Waals surface area contributed by atoms with Gasteiger partial charge in [-0.25, -0.2) is 0 Å². The molecule has 0 saturated heterocycles. The van der Waals surface area contributed by atoms with Crippen LogP contribution in [-0.2, 0) is 14.3 Å². The molecule has 0 spiro atoms. The van der Waals surface area contributed by atoms with Gasteiger partial charge in [-0.2, -0.15) is 5.26 Å². The molecular weight excluding hydrogens is 362 g/mol. The minimum Gasteiger partial charge on any atom is -0.461 e. The molecular formula is C25H31NO3. The lowest BCUT2D eigenvalue weighted by Gasteiger charge is -2.57. The zero-order valence-electron chi connectivity index (χ0n) is 17.7. The lowest BCUT2D eigenvalue weighted by molar-refractivity contribution is -0.140. The Morgan fingerprint density at radius 3 is 2.79 bits per heavy atom. The minimum atomic E-state index is -0.296. The van der Waals surface area contributed by atoms with E-state index in [1.54, 1.807) is 12.2 Å². The summed E-state index contributed by atoms with van der Waals surface area (Å²) in [5.41, 5.74) is 2.47. The molecule has 0 aromatic carbocycles. The molecule has 3 fully saturated rings. The molecule has 0 radical (unpaired) electrons. The number of ketones is 1. The number of carbonyl (C=O) groups is 2. The summed E-state index contributed by atoms with van der Waals surface area (Å²) >= 11 is 0. The van der Waals surface area contributed by atoms with Crippen LogP contribution < -0.4 is 0 Å². The highest BCUT2D eigenvalue weighted by molar-refractivity contribution is 6.01. The molecule has 0 bridgehead atoms. The Balaban J connectivity index is 1.60. The molecule has 4 aliphatic carbocycles. The van der Waals surface area contributed by atoms with E-state index in [2.05, 4.69) is 26.0 Å². The quantitative estimate of drug-likeness (QED) is 0.504. The van der Waals surface area contributed by atoms with Gasteiger partial charge in [-0.1, -0.05) is 25.5 Å². The zero-order chi connectivity index (χ0) is 20.8. The summed E-state index contributed by atoms with van der Waals surface area (Å²) in [6, 6.07) is 2.18. The summed E-state index contributed by atoms with van der Waals surface area (Å²) in [5, 5.41) is 9.31. The first-order valence-corrected chi connectivity index (χ1v) is 11.0. The van der Waals surface area contributed by atoms with E-state index in [0.29, 0.717) is 23.7 Å². The fourth-order valence-corrected chi connectivity index (χ4v) is 7.32. The van der Waals surface area contributed by atoms with Crippen molar-refractivity contribution in [2.45, 2.75) is 59.3 Å². The summed E-state index contributed by atoms with van der Waals surface area (Å²) in [7, 11) is 0. The second-order valence-corrected chi connectivity index (χ2v) is 9.91. The SMILES string of the molecule is CC(=O)OCC(=CC#N)[C@H]1CC[C@H]2[C@@H]3CCC4=CC(=O)C=C[C@]4(C)[C@H]3CC[C@]12C. The van der Waals surface area contributed by atoms with Crippen molar-refractivity contribution < 1.29 is 14.3 Å². The lowest BCUT2D eigenvalue weighted by Crippen LogP contribution is -2.49. The van der Waals surface area contributed by atoms with Crippen molar-refractivity contribution in [3.63, 3.8) is 0 Å². The van der Waals surface area contributed by atoms with Crippen LogP contribution in [0.25, 0.3) is 0 Å². The maximum absolute atomic E-state index is 11.9. The third-order valence-electron chi connectivity index (χ3n) is 8.70. The van der Waals surface area contributed by atoms with Crippen LogP contribution in [0.15, 0.2) is 35.5 Å². The van der Waals surface area contributed by atoms with Crippen molar-refractivity contribution in [1.29, 1.82) is 5.26 Å². The first-order chi connectivity index (χ1) is 13.8. The van der Waals surface area contributed by atoms with E-state index in [9.17, 15) is 14.9 Å². The molecule has 0 amide bonds. The van der Waals surface area contributed by atoms with Gasteiger partial charge in [0.1, 0.15) is 6.61 Å². The molecule has 4 rings (SSSR count). The minimum absolute atomic E-state index is 0.0132. The summed E-state index contributed by atoms with van der Waals surface area (Å²) in [4.78, 5) is 23.3. The predicted octanol–water partition coefficient (Wildman–Crippen LogP) is 4.92. The Morgan fingerprint density at radius 2 is 2.07 bits per heavy atom. The Kier molecular flexibility index (Phi) is 5.05. The number of rotatable bonds is 3. The molecule has 4 heteroatoms. The molecule has 4 nitrogen and oxygen atoms in total. The number of fused-ring (bicyclic) bond motifs is 5. The standard InChI is InChI=1S/C25H31NO3/c1-16(27)29-15-17(10-13-26)21-6-7-22-20-5-4-18-14-19(28)8-11-24(18,2)23(20)9-12-25(21,22)3/h8,10-11,14,20-23H,4-7,9,12,15H2,1-3H3/t20-,21+,22-,23-,24-,25+/m0/s1. The maximum Gasteiger partial charge on any atom is 0.302 e. The molecule has 0 unspecified atom stereocenters. The molecule has 29 heavy (non-hydrogen) atoms. The third-order valence-corrected chi connectivity index (χ3v) is 8.70. The van der Waals surface area contributed by atoms with E-state index in [4.69, 9.17) is 4.74 Å². The fourth-order valence-electron chi connectivity index (χ4n) is 7.32. The number of hydrogen-bond donors (Lipinski definition) is 0. The summed E-state index contributed by atoms with van der Waals surface area (Å²) in [6.45, 7) is 6.39. The Morgan fingerprint density at radius 1 is 1.28 bits per heavy atom. The molecule has 4 aliphatic rings. The highest BCUT2D eigenvalue weighted by Crippen LogP contribution is 2.66. The van der Waals surface area contributed by atoms with Crippen LogP contribution in [0.2, 0.25) is 0 Å². The Bertz CT molecular complexity index is 860. The molecule has 0 aromatic rings. The molecule has 0 N–H and O–H groups in total. The fraction of sp³-hybridized carbons (Fsp3) is 0.640. The number of allylic oxidation sites excluding steroid dienone is 5. The number of nitrogens with zero attached hydrogens (tertiary/aromatic N) is 1. The number of hydrogen-bond acceptors (Lipinski definition) is 4. The van der Waals surface area contributed by atoms with Crippen LogP contribution in [0, 0.1) is 45.8 Å². The van der Waals surface area contributed by atoms with Gasteiger partial charge in [0.15, 0.2) is 5.78 Å². The van der Waals surface area contributed by atoms with Gasteiger partial charge in [0, 0.05) is 18.4 Å². The van der Waals surface area contributed by atoms with Crippen molar-refractivity contribution >= 4 is 11.8 Å². The van der Waals surface area contributed by atoms with Gasteiger partial charge in [-0.15, -0.1) is 0 Å². The first kappa shape index (κ1) is 20.1. The van der Waals surface area contributed by atoms with Gasteiger partial charge in [0.05, 0.1) is 6.07 Å². The second kappa shape index (κ2) is 7.27. The van der Waals surface area contributed by atoms with E-state index in [1.807, 2.05) is 6.08 Å². The molecule has 0 aromatic heterocycles. The molecule has 0 heterocycles. The molecule has 3 saturated carbocycles. The highest BCUT2D eigenvalue weighted by Gasteiger charge is 2.58. The zero-order valence-corrected chi connectivity index (χ0v) is 17.7. The van der Waals surface area contributed by atoms with Crippen LogP contribution in [-0.4, -0.2) is 18.4 Å². The molecule has 154 valence electrons. The van der Waals surface area contributed by atoms with E-state index < -0.39 is 0 Å². The van der Waals surface area contributed by atoms with Crippen LogP contribution in [0.4, 0.5) is 0 Å². The number of esters is 1. The second-order valence-electron chi connectivity index (χ2n) is 9.91. The predicted molar refractivity (Wildman–Crippen MR) is 110 cm³/mol. The van der Waals surface area contributed by atoms with Gasteiger partial charge in [0.25, 0.3) is 0 Å². The van der Waals surface area contributed by atoms with Gasteiger partial charge in [-0.3, -0.25) is 9.59 Å². The molecule has 0 aliphatic heterocycles. The van der Waals surface area contributed by atoms with Crippen molar-refractivity contribution in [2.24, 2.45) is 34.5 Å². The topological polar surface area (TPSA) is 67.2 Å². The van der Waals surface area contributed by atoms with Crippen LogP contribution in [0.1, 0.15) is 59.3 Å². The largest absolute Gasteiger partial charge is 0.461 e. The van der Waals surface area contributed by atoms with E-state index in [-0.39, 0.29) is 29.2 Å². The summed E-state index contributed by atoms with van der Waals surface area (Å²) < 4.78 is 5.29. The highest BCUT2D eigenvalue weighted by atomic mass is 16.5. The first-order valence-electron chi connectivity index (χ1n) is 11.0. The number of carbonyl (C=O) groups excluding carboxylic acids is 2. The molecule has 6 atom stereocenters.